The molecular formula is C25H26N2O5S. The van der Waals surface area contributed by atoms with Crippen LogP contribution < -0.4 is 0 Å². The lowest BCUT2D eigenvalue weighted by atomic mass is 9.66. The van der Waals surface area contributed by atoms with Crippen molar-refractivity contribution in [2.45, 2.75) is 31.2 Å². The number of benzene rings is 2. The van der Waals surface area contributed by atoms with Gasteiger partial charge in [-0.05, 0) is 37.5 Å². The maximum absolute atomic E-state index is 13.8. The standard InChI is InChI=1S/C25H26N2O5S/c1-14-4-8-16(9-5-14)23-22-19(21-18(12-20(22)28)24(29)26(3)25(21)30)13-27(23)33(31,32)17-10-6-15(2)7-11-17/h4-11,18-19,21-23H,12-13H2,1-3H3/t18-,19-,21-,22-,23-/m1/s1. The monoisotopic (exact) mass is 466 g/mol. The zero-order valence-corrected chi connectivity index (χ0v) is 19.6. The van der Waals surface area contributed by atoms with Crippen LogP contribution in [0.4, 0.5) is 0 Å². The lowest BCUT2D eigenvalue weighted by Gasteiger charge is -2.33. The van der Waals surface area contributed by atoms with Crippen molar-refractivity contribution in [3.8, 4) is 0 Å². The summed E-state index contributed by atoms with van der Waals surface area (Å²) in [6.07, 6.45) is -0.0263. The molecule has 3 fully saturated rings. The number of hydrogen-bond acceptors (Lipinski definition) is 5. The van der Waals surface area contributed by atoms with E-state index < -0.39 is 39.7 Å². The third-order valence-corrected chi connectivity index (χ3v) is 9.36. The molecular weight excluding hydrogens is 440 g/mol. The first kappa shape index (κ1) is 22.0. The molecule has 2 saturated heterocycles. The average molecular weight is 467 g/mol. The molecule has 3 aliphatic rings. The van der Waals surface area contributed by atoms with Crippen molar-refractivity contribution in [3.63, 3.8) is 0 Å². The summed E-state index contributed by atoms with van der Waals surface area (Å²) in [6, 6.07) is 13.4. The van der Waals surface area contributed by atoms with Crippen LogP contribution in [0.1, 0.15) is 29.2 Å². The van der Waals surface area contributed by atoms with E-state index in [2.05, 4.69) is 0 Å². The number of sulfonamides is 1. The number of carbonyl (C=O) groups is 3. The van der Waals surface area contributed by atoms with Crippen molar-refractivity contribution in [1.29, 1.82) is 0 Å². The number of imide groups is 1. The third-order valence-electron chi connectivity index (χ3n) is 7.50. The molecule has 172 valence electrons. The Balaban J connectivity index is 1.64. The SMILES string of the molecule is Cc1ccc([C@@H]2[C@H]3C(=O)C[C@H]4C(=O)N(C)C(=O)[C@H]4[C@H]3CN2S(=O)(=O)c2ccc(C)cc2)cc1. The zero-order valence-electron chi connectivity index (χ0n) is 18.8. The summed E-state index contributed by atoms with van der Waals surface area (Å²) in [6.45, 7) is 3.85. The number of Topliss-reactive ketones (excluding diaryl/α,β-unsaturated/α-hetero) is 1. The second-order valence-corrected chi connectivity index (χ2v) is 11.4. The predicted molar refractivity (Wildman–Crippen MR) is 120 cm³/mol. The van der Waals surface area contributed by atoms with E-state index in [0.29, 0.717) is 0 Å². The molecule has 2 aromatic rings. The van der Waals surface area contributed by atoms with Crippen LogP contribution in [0, 0.1) is 37.5 Å². The molecule has 1 saturated carbocycles. The molecule has 1 aliphatic carbocycles. The first-order valence-electron chi connectivity index (χ1n) is 11.1. The smallest absolute Gasteiger partial charge is 0.243 e. The number of fused-ring (bicyclic) bond motifs is 3. The zero-order chi connectivity index (χ0) is 23.7. The van der Waals surface area contributed by atoms with Gasteiger partial charge in [-0.15, -0.1) is 0 Å². The molecule has 2 aromatic carbocycles. The highest BCUT2D eigenvalue weighted by atomic mass is 32.2. The van der Waals surface area contributed by atoms with Gasteiger partial charge < -0.3 is 0 Å². The van der Waals surface area contributed by atoms with Gasteiger partial charge in [-0.25, -0.2) is 8.42 Å². The van der Waals surface area contributed by atoms with Crippen molar-refractivity contribution in [2.75, 3.05) is 13.6 Å². The minimum absolute atomic E-state index is 0.0263. The minimum atomic E-state index is -3.95. The van der Waals surface area contributed by atoms with Crippen molar-refractivity contribution in [1.82, 2.24) is 9.21 Å². The normalized spacial score (nSPS) is 30.0. The van der Waals surface area contributed by atoms with E-state index in [-0.39, 0.29) is 35.5 Å². The van der Waals surface area contributed by atoms with Crippen molar-refractivity contribution in [2.24, 2.45) is 23.7 Å². The maximum Gasteiger partial charge on any atom is 0.243 e. The maximum atomic E-state index is 13.8. The van der Waals surface area contributed by atoms with Gasteiger partial charge in [0.25, 0.3) is 0 Å². The molecule has 0 N–H and O–H groups in total. The fourth-order valence-corrected chi connectivity index (χ4v) is 7.46. The predicted octanol–water partition coefficient (Wildman–Crippen LogP) is 2.49. The Hall–Kier alpha value is -2.84. The van der Waals surface area contributed by atoms with Gasteiger partial charge in [-0.3, -0.25) is 19.3 Å². The Labute approximate surface area is 193 Å². The van der Waals surface area contributed by atoms with Gasteiger partial charge in [-0.1, -0.05) is 47.5 Å². The highest BCUT2D eigenvalue weighted by Crippen LogP contribution is 2.54. The van der Waals surface area contributed by atoms with Crippen LogP contribution in [0.2, 0.25) is 0 Å². The molecule has 2 aliphatic heterocycles. The topological polar surface area (TPSA) is 91.8 Å². The van der Waals surface area contributed by atoms with Crippen LogP contribution >= 0.6 is 0 Å². The second-order valence-electron chi connectivity index (χ2n) is 9.47. The number of nitrogens with zero attached hydrogens (tertiary/aromatic N) is 2. The second kappa shape index (κ2) is 7.60. The Morgan fingerprint density at radius 3 is 2.00 bits per heavy atom. The molecule has 0 radical (unpaired) electrons. The van der Waals surface area contributed by atoms with Crippen molar-refractivity contribution < 1.29 is 22.8 Å². The molecule has 2 amide bonds. The van der Waals surface area contributed by atoms with Gasteiger partial charge in [0.15, 0.2) is 0 Å². The first-order chi connectivity index (χ1) is 15.6. The quantitative estimate of drug-likeness (QED) is 0.648. The Kier molecular flexibility index (Phi) is 5.06. The average Bonchev–Trinajstić information content (AvgIpc) is 3.28. The highest BCUT2D eigenvalue weighted by Gasteiger charge is 2.63. The highest BCUT2D eigenvalue weighted by molar-refractivity contribution is 7.89. The first-order valence-corrected chi connectivity index (χ1v) is 12.5. The van der Waals surface area contributed by atoms with Gasteiger partial charge in [0, 0.05) is 25.9 Å². The molecule has 33 heavy (non-hydrogen) atoms. The van der Waals surface area contributed by atoms with E-state index in [1.165, 1.54) is 11.4 Å². The fraction of sp³-hybridized carbons (Fsp3) is 0.400. The number of amides is 2. The fourth-order valence-electron chi connectivity index (χ4n) is 5.79. The summed E-state index contributed by atoms with van der Waals surface area (Å²) in [5, 5.41) is 0. The van der Waals surface area contributed by atoms with Gasteiger partial charge in [-0.2, -0.15) is 4.31 Å². The van der Waals surface area contributed by atoms with E-state index in [1.54, 1.807) is 24.3 Å². The Bertz CT molecular complexity index is 1250. The molecule has 0 spiro atoms. The molecule has 5 rings (SSSR count). The Morgan fingerprint density at radius 1 is 0.818 bits per heavy atom. The molecule has 0 bridgehead atoms. The summed E-state index contributed by atoms with van der Waals surface area (Å²) in [7, 11) is -2.51. The van der Waals surface area contributed by atoms with Crippen molar-refractivity contribution in [3.05, 3.63) is 65.2 Å². The van der Waals surface area contributed by atoms with E-state index in [0.717, 1.165) is 21.6 Å². The lowest BCUT2D eigenvalue weighted by Crippen LogP contribution is -2.42. The molecule has 7 nitrogen and oxygen atoms in total. The number of rotatable bonds is 3. The van der Waals surface area contributed by atoms with Gasteiger partial charge >= 0.3 is 0 Å². The molecule has 2 heterocycles. The summed E-state index contributed by atoms with van der Waals surface area (Å²) >= 11 is 0. The molecule has 0 aromatic heterocycles. The number of ketones is 1. The van der Waals surface area contributed by atoms with Crippen molar-refractivity contribution >= 4 is 27.6 Å². The van der Waals surface area contributed by atoms with Crippen LogP contribution in [0.3, 0.4) is 0 Å². The summed E-state index contributed by atoms with van der Waals surface area (Å²) in [5.74, 6) is -3.38. The largest absolute Gasteiger partial charge is 0.299 e. The van der Waals surface area contributed by atoms with Gasteiger partial charge in [0.05, 0.1) is 22.8 Å². The number of carbonyl (C=O) groups excluding carboxylic acids is 3. The Morgan fingerprint density at radius 2 is 1.39 bits per heavy atom. The van der Waals surface area contributed by atoms with E-state index in [1.807, 2.05) is 38.1 Å². The van der Waals surface area contributed by atoms with Gasteiger partial charge in [0.1, 0.15) is 5.78 Å². The van der Waals surface area contributed by atoms with Crippen LogP contribution in [-0.4, -0.2) is 48.8 Å². The van der Waals surface area contributed by atoms with Gasteiger partial charge in [0.2, 0.25) is 21.8 Å². The van der Waals surface area contributed by atoms with Crippen LogP contribution in [0.5, 0.6) is 0 Å². The van der Waals surface area contributed by atoms with Crippen LogP contribution in [0.25, 0.3) is 0 Å². The van der Waals surface area contributed by atoms with E-state index >= 15 is 0 Å². The molecule has 8 heteroatoms. The minimum Gasteiger partial charge on any atom is -0.299 e. The van der Waals surface area contributed by atoms with E-state index in [4.69, 9.17) is 0 Å². The lowest BCUT2D eigenvalue weighted by molar-refractivity contribution is -0.138. The summed E-state index contributed by atoms with van der Waals surface area (Å²) < 4.78 is 29.0. The molecule has 5 atom stereocenters. The number of hydrogen-bond donors (Lipinski definition) is 0. The number of likely N-dealkylation sites (tertiary alicyclic amines) is 1. The number of aryl methyl sites for hydroxylation is 2. The summed E-state index contributed by atoms with van der Waals surface area (Å²) in [4.78, 5) is 40.2. The van der Waals surface area contributed by atoms with Crippen LogP contribution in [0.15, 0.2) is 53.4 Å². The van der Waals surface area contributed by atoms with Crippen LogP contribution in [-0.2, 0) is 24.4 Å². The summed E-state index contributed by atoms with van der Waals surface area (Å²) in [5.41, 5.74) is 2.69. The molecule has 0 unspecified atom stereocenters. The third kappa shape index (κ3) is 3.27. The van der Waals surface area contributed by atoms with E-state index in [9.17, 15) is 22.8 Å².